The summed E-state index contributed by atoms with van der Waals surface area (Å²) in [6.07, 6.45) is 23.9. The summed E-state index contributed by atoms with van der Waals surface area (Å²) in [7, 11) is 0. The number of nitrogens with zero attached hydrogens (tertiary/aromatic N) is 3. The molecule has 1 aliphatic heterocycles. The normalized spacial score (nSPS) is 38.4. The molecule has 0 amide bonds. The molecular formula is C97H100ClN3O17S6. The maximum Gasteiger partial charge on any atom is 0.375 e. The van der Waals surface area contributed by atoms with Crippen LogP contribution in [0.5, 0.6) is 0 Å². The van der Waals surface area contributed by atoms with Crippen LogP contribution in [0.2, 0.25) is 0 Å². The second kappa shape index (κ2) is 31.1. The third-order valence-electron chi connectivity index (χ3n) is 32.0. The van der Waals surface area contributed by atoms with Gasteiger partial charge in [0, 0.05) is 50.2 Å². The molecule has 0 bridgehead atoms. The molecule has 6 heterocycles. The van der Waals surface area contributed by atoms with E-state index in [4.69, 9.17) is 54.3 Å². The first kappa shape index (κ1) is 85.8. The number of furan rings is 2. The standard InChI is InChI=1S/C34H34ClNO6S2.C33H33NO6S2.C30H33NO5S2/c1-19-15-23-22-11-10-20-16-21(37)12-13-31(20,2)33(22,35)27(38)17-32(23,3)34(19,42-29(39)25-8-6-14-41-25)30(40)43-18-28-36-24-7-4-5-9-26(24)44-28;1-31-13-11-20(35)16-19(31)9-10-21-22-12-14-33(32(22,2)17-24(36)28(21)31,40-29(37)25-7-5-15-39-25)30(38)41-18-27-34-23-6-3-4-8-26(23)42-27;1-27(2)35-23-14-19-18-10-9-16-13-17(32)11-12-28(16,3)24(18)21(33)15-29(19,4)30(23,36-27)25(34)38-26-31-20-7-5-6-8-22(20)37-26/h4-9,12-14,16,19,22-23,27,38H,10-11,15,17-18H2,1-3H3;3-8,11,13,15-16,21-22,24,28,36H,9-10,12,14,17-18H2,1-2H3;5-8,11-13,18-19,21,23-24,33H,9-10,14-15H2,1-4H3/t19-,22?,23?,27+,31?,32?,33+,34+;21?,22?,24-,28?,31?,32?,33-;18?,19?,21-,23+,24?,28?,29?,30-/m100/s1. The van der Waals surface area contributed by atoms with E-state index in [9.17, 15) is 53.7 Å². The van der Waals surface area contributed by atoms with E-state index in [-0.39, 0.29) is 115 Å². The summed E-state index contributed by atoms with van der Waals surface area (Å²) in [4.78, 5) is 120. The van der Waals surface area contributed by atoms with Crippen LogP contribution in [0.15, 0.2) is 194 Å². The number of hydrogen-bond donors (Lipinski definition) is 3. The molecule has 3 N–H and O–H groups in total. The summed E-state index contributed by atoms with van der Waals surface area (Å²) >= 11 is 15.7. The highest BCUT2D eigenvalue weighted by molar-refractivity contribution is 8.15. The van der Waals surface area contributed by atoms with Crippen molar-refractivity contribution in [3.63, 3.8) is 0 Å². The van der Waals surface area contributed by atoms with E-state index in [1.807, 2.05) is 133 Å². The van der Waals surface area contributed by atoms with Gasteiger partial charge in [-0.05, 0) is 242 Å². The number of benzene rings is 3. The number of rotatable bonds is 12. The number of thioether (sulfide) groups is 3. The first-order chi connectivity index (χ1) is 59.0. The minimum absolute atomic E-state index is 0.00321. The molecule has 23 atom stereocenters. The second-order valence-corrected chi connectivity index (χ2v) is 45.4. The summed E-state index contributed by atoms with van der Waals surface area (Å²) in [5.41, 5.74) is -2.14. The van der Waals surface area contributed by atoms with E-state index in [0.717, 1.165) is 125 Å². The van der Waals surface area contributed by atoms with Gasteiger partial charge in [0.25, 0.3) is 0 Å². The molecule has 21 rings (SSSR count). The van der Waals surface area contributed by atoms with E-state index >= 15 is 0 Å². The van der Waals surface area contributed by atoms with Gasteiger partial charge in [0.1, 0.15) is 10.0 Å². The van der Waals surface area contributed by atoms with E-state index in [1.165, 1.54) is 29.9 Å². The molecule has 648 valence electrons. The van der Waals surface area contributed by atoms with Crippen LogP contribution >= 0.6 is 80.9 Å². The van der Waals surface area contributed by atoms with Crippen LogP contribution in [-0.4, -0.2) is 127 Å². The summed E-state index contributed by atoms with van der Waals surface area (Å²) in [5.74, 6) is -1.76. The molecule has 27 heteroatoms. The summed E-state index contributed by atoms with van der Waals surface area (Å²) in [6.45, 7) is 18.2. The molecular weight excluding hydrogens is 1710 g/mol. The molecule has 0 spiro atoms. The van der Waals surface area contributed by atoms with Gasteiger partial charge < -0.3 is 43.1 Å². The number of aliphatic hydroxyl groups excluding tert-OH is 3. The Morgan fingerprint density at radius 2 is 1.04 bits per heavy atom. The number of aliphatic hydroxyl groups is 3. The fourth-order valence-electron chi connectivity index (χ4n) is 26.5. The number of hydrogen-bond acceptors (Lipinski definition) is 26. The Bertz CT molecular complexity index is 5820. The van der Waals surface area contributed by atoms with Crippen LogP contribution in [-0.2, 0) is 59.2 Å². The molecule has 8 aromatic rings. The number of ketones is 3. The number of thiazole rings is 3. The van der Waals surface area contributed by atoms with E-state index < -0.39 is 84.8 Å². The van der Waals surface area contributed by atoms with Crippen molar-refractivity contribution >= 4 is 156 Å². The van der Waals surface area contributed by atoms with E-state index in [2.05, 4.69) is 20.8 Å². The first-order valence-electron chi connectivity index (χ1n) is 43.1. The Morgan fingerprint density at radius 3 is 1.60 bits per heavy atom. The van der Waals surface area contributed by atoms with Crippen LogP contribution < -0.4 is 0 Å². The van der Waals surface area contributed by atoms with Crippen molar-refractivity contribution in [3.05, 3.63) is 203 Å². The molecule has 12 aliphatic carbocycles. The highest BCUT2D eigenvalue weighted by Crippen LogP contribution is 2.75. The van der Waals surface area contributed by atoms with Gasteiger partial charge in [-0.25, -0.2) is 24.5 Å². The van der Waals surface area contributed by atoms with Gasteiger partial charge in [-0.15, -0.1) is 45.6 Å². The maximum atomic E-state index is 14.7. The van der Waals surface area contributed by atoms with Crippen molar-refractivity contribution in [1.82, 2.24) is 15.0 Å². The van der Waals surface area contributed by atoms with Crippen LogP contribution in [0.1, 0.15) is 177 Å². The van der Waals surface area contributed by atoms with E-state index in [1.54, 1.807) is 77.3 Å². The third kappa shape index (κ3) is 13.2. The van der Waals surface area contributed by atoms with Gasteiger partial charge in [0.15, 0.2) is 44.3 Å². The van der Waals surface area contributed by atoms with Crippen molar-refractivity contribution in [2.24, 2.45) is 85.8 Å². The Kier molecular flexibility index (Phi) is 21.5. The molecule has 10 fully saturated rings. The van der Waals surface area contributed by atoms with Crippen molar-refractivity contribution in [2.75, 3.05) is 0 Å². The lowest BCUT2D eigenvalue weighted by molar-refractivity contribution is -0.221. The molecule has 20 nitrogen and oxygen atoms in total. The van der Waals surface area contributed by atoms with Crippen molar-refractivity contribution < 1.29 is 81.5 Å². The zero-order valence-corrected chi connectivity index (χ0v) is 76.1. The average molecular weight is 1810 g/mol. The molecule has 124 heavy (non-hydrogen) atoms. The largest absolute Gasteiger partial charge is 0.457 e. The van der Waals surface area contributed by atoms with Crippen LogP contribution in [0, 0.1) is 85.8 Å². The molecule has 14 unspecified atom stereocenters. The maximum absolute atomic E-state index is 14.7. The highest BCUT2D eigenvalue weighted by Gasteiger charge is 2.80. The van der Waals surface area contributed by atoms with Gasteiger partial charge >= 0.3 is 11.9 Å². The molecule has 0 radical (unpaired) electrons. The minimum Gasteiger partial charge on any atom is -0.457 e. The number of aromatic nitrogens is 3. The van der Waals surface area contributed by atoms with Crippen molar-refractivity contribution in [1.29, 1.82) is 0 Å². The number of allylic oxidation sites excluding steroid dienone is 12. The number of carbonyl (C=O) groups excluding carboxylic acids is 8. The number of carbonyl (C=O) groups is 8. The Labute approximate surface area is 748 Å². The Hall–Kier alpha value is -7.57. The molecule has 3 aromatic carbocycles. The lowest BCUT2D eigenvalue weighted by atomic mass is 9.46. The van der Waals surface area contributed by atoms with Crippen LogP contribution in [0.3, 0.4) is 0 Å². The topological polar surface area (TPSA) is 299 Å². The number of alkyl halides is 1. The summed E-state index contributed by atoms with van der Waals surface area (Å²) in [5, 5.41) is 36.9. The van der Waals surface area contributed by atoms with Gasteiger partial charge in [0.2, 0.25) is 26.9 Å². The van der Waals surface area contributed by atoms with E-state index in [0.29, 0.717) is 60.8 Å². The monoisotopic (exact) mass is 1810 g/mol. The predicted octanol–water partition coefficient (Wildman–Crippen LogP) is 19.3. The van der Waals surface area contributed by atoms with Crippen LogP contribution in [0.4, 0.5) is 0 Å². The minimum atomic E-state index is -1.54. The molecule has 1 saturated heterocycles. The van der Waals surface area contributed by atoms with Gasteiger partial charge in [-0.1, -0.05) is 143 Å². The fourth-order valence-corrected chi connectivity index (χ4v) is 33.6. The fraction of sp³-hybridized carbons (Fsp3) is 0.495. The number of para-hydroxylation sites is 3. The number of esters is 2. The zero-order valence-electron chi connectivity index (χ0n) is 70.4. The molecule has 9 saturated carbocycles. The second-order valence-electron chi connectivity index (χ2n) is 38.4. The van der Waals surface area contributed by atoms with Gasteiger partial charge in [-0.3, -0.25) is 28.8 Å². The van der Waals surface area contributed by atoms with Crippen LogP contribution in [0.25, 0.3) is 30.6 Å². The third-order valence-corrected chi connectivity index (χ3v) is 39.4. The lowest BCUT2D eigenvalue weighted by Crippen LogP contribution is -2.69. The first-order valence-corrected chi connectivity index (χ1v) is 48.8. The van der Waals surface area contributed by atoms with Crippen molar-refractivity contribution in [3.8, 4) is 0 Å². The van der Waals surface area contributed by atoms with Gasteiger partial charge in [0.05, 0.1) is 84.0 Å². The number of halogens is 1. The van der Waals surface area contributed by atoms with Gasteiger partial charge in [-0.2, -0.15) is 0 Å². The molecule has 13 aliphatic rings. The van der Waals surface area contributed by atoms with Crippen molar-refractivity contribution in [2.45, 2.75) is 214 Å². The summed E-state index contributed by atoms with van der Waals surface area (Å²) in [6, 6.07) is 30.0. The molecule has 5 aromatic heterocycles. The highest BCUT2D eigenvalue weighted by atomic mass is 35.5. The summed E-state index contributed by atoms with van der Waals surface area (Å²) < 4.78 is 40.5. The smallest absolute Gasteiger partial charge is 0.375 e. The number of ether oxygens (including phenoxy) is 4. The quantitative estimate of drug-likeness (QED) is 0.0581. The lowest BCUT2D eigenvalue weighted by Gasteiger charge is -2.64. The average Bonchev–Trinajstić information content (AvgIpc) is 1.50. The Balaban J connectivity index is 0.000000122. The number of fused-ring (bicyclic) bond motifs is 20. The predicted molar refractivity (Wildman–Crippen MR) is 478 cm³/mol. The Morgan fingerprint density at radius 1 is 0.532 bits per heavy atom. The zero-order chi connectivity index (χ0) is 87.0. The SMILES string of the molecule is CC1(C)O[C@@H]2CC3C4CCC5=CC(=O)C=CC5(C)C4[C@@H](O)CC3(C)[C@]2(C(=O)Sc2nc3ccccc3s2)O1.CC12C=CC(=O)C=C1CCC1C2[C@@H](O)CC2(C)C1CC[C@]2(OC(=O)c1ccco1)C(=O)SCc1nc2ccccc2s1.C[C@@H]1CC2C3CCC4=CC(=O)C=CC4(C)[C@@]3(Cl)[C@@H](O)CC2(C)[C@@]1(OC(=O)c1ccco1)C(=O)SCc1nc2ccccc2s1.